The molecule has 0 radical (unpaired) electrons. The molecule has 0 bridgehead atoms. The number of nitrogens with one attached hydrogen (secondary N) is 1. The first-order valence-corrected chi connectivity index (χ1v) is 12.6. The Hall–Kier alpha value is -4.85. The van der Waals surface area contributed by atoms with Crippen LogP contribution in [0, 0.1) is 31.1 Å². The van der Waals surface area contributed by atoms with Crippen molar-refractivity contribution in [2.75, 3.05) is 4.90 Å². The van der Waals surface area contributed by atoms with Crippen molar-refractivity contribution in [1.29, 1.82) is 5.26 Å². The Bertz CT molecular complexity index is 1590. The lowest BCUT2D eigenvalue weighted by molar-refractivity contribution is -0.138. The van der Waals surface area contributed by atoms with Crippen LogP contribution >= 0.6 is 0 Å². The fourth-order valence-corrected chi connectivity index (χ4v) is 5.12. The highest BCUT2D eigenvalue weighted by molar-refractivity contribution is 6.15. The van der Waals surface area contributed by atoms with Gasteiger partial charge in [0.05, 0.1) is 23.7 Å². The summed E-state index contributed by atoms with van der Waals surface area (Å²) in [6, 6.07) is 14.0. The molecule has 11 heteroatoms. The zero-order chi connectivity index (χ0) is 30.1. The van der Waals surface area contributed by atoms with Gasteiger partial charge in [-0.05, 0) is 69.7 Å². The molecule has 2 heterocycles. The predicted molar refractivity (Wildman–Crippen MR) is 143 cm³/mol. The van der Waals surface area contributed by atoms with Gasteiger partial charge >= 0.3 is 6.18 Å². The minimum Gasteiger partial charge on any atom is -0.348 e. The average Bonchev–Trinajstić information content (AvgIpc) is 2.90. The number of allylic oxidation sites excluding steroid dienone is 2. The van der Waals surface area contributed by atoms with Crippen LogP contribution in [0.4, 0.5) is 18.9 Å². The van der Waals surface area contributed by atoms with E-state index in [2.05, 4.69) is 15.3 Å². The number of halogens is 3. The van der Waals surface area contributed by atoms with Crippen molar-refractivity contribution in [2.24, 2.45) is 5.92 Å². The Morgan fingerprint density at radius 1 is 1.02 bits per heavy atom. The fourth-order valence-electron chi connectivity index (χ4n) is 5.12. The first-order chi connectivity index (χ1) is 19.3. The van der Waals surface area contributed by atoms with Crippen LogP contribution < -0.4 is 10.2 Å². The summed E-state index contributed by atoms with van der Waals surface area (Å²) in [5.74, 6) is -4.30. The quantitative estimate of drug-likeness (QED) is 0.428. The number of amides is 2. The summed E-state index contributed by atoms with van der Waals surface area (Å²) in [5.41, 5.74) is 1.20. The highest BCUT2D eigenvalue weighted by Gasteiger charge is 2.47. The monoisotopic (exact) mass is 561 g/mol. The highest BCUT2D eigenvalue weighted by Crippen LogP contribution is 2.43. The number of nitrogens with zero attached hydrogens (tertiary/aromatic N) is 4. The molecule has 2 unspecified atom stereocenters. The zero-order valence-electron chi connectivity index (χ0n) is 22.7. The highest BCUT2D eigenvalue weighted by atomic mass is 19.4. The number of hydrogen-bond donors (Lipinski definition) is 1. The Balaban J connectivity index is 1.86. The van der Waals surface area contributed by atoms with E-state index in [-0.39, 0.29) is 23.5 Å². The minimum atomic E-state index is -4.68. The summed E-state index contributed by atoms with van der Waals surface area (Å²) in [6.07, 6.45) is -4.68. The Morgan fingerprint density at radius 2 is 1.66 bits per heavy atom. The van der Waals surface area contributed by atoms with Gasteiger partial charge in [0.25, 0.3) is 0 Å². The van der Waals surface area contributed by atoms with Gasteiger partial charge in [-0.25, -0.2) is 9.97 Å². The largest absolute Gasteiger partial charge is 0.416 e. The Labute approximate surface area is 234 Å². The third-order valence-electron chi connectivity index (χ3n) is 6.80. The predicted octanol–water partition coefficient (Wildman–Crippen LogP) is 4.91. The van der Waals surface area contributed by atoms with Crippen LogP contribution in [-0.4, -0.2) is 27.6 Å². The van der Waals surface area contributed by atoms with E-state index in [9.17, 15) is 32.8 Å². The molecule has 2 amide bonds. The van der Waals surface area contributed by atoms with Gasteiger partial charge in [0.15, 0.2) is 5.78 Å². The third-order valence-corrected chi connectivity index (χ3v) is 6.80. The summed E-state index contributed by atoms with van der Waals surface area (Å²) < 4.78 is 40.6. The van der Waals surface area contributed by atoms with Gasteiger partial charge in [0.2, 0.25) is 11.8 Å². The van der Waals surface area contributed by atoms with Gasteiger partial charge in [-0.2, -0.15) is 18.4 Å². The van der Waals surface area contributed by atoms with Crippen molar-refractivity contribution >= 4 is 23.3 Å². The van der Waals surface area contributed by atoms with E-state index in [1.54, 1.807) is 32.0 Å². The topological polar surface area (TPSA) is 116 Å². The number of carbonyl (C=O) groups is 3. The lowest BCUT2D eigenvalue weighted by atomic mass is 9.74. The molecule has 1 N–H and O–H groups in total. The van der Waals surface area contributed by atoms with Gasteiger partial charge in [0.1, 0.15) is 11.7 Å². The molecule has 1 aliphatic heterocycles. The van der Waals surface area contributed by atoms with E-state index in [0.29, 0.717) is 28.3 Å². The molecule has 0 fully saturated rings. The van der Waals surface area contributed by atoms with Crippen molar-refractivity contribution in [2.45, 2.75) is 46.3 Å². The number of ketones is 1. The van der Waals surface area contributed by atoms with Crippen molar-refractivity contribution in [3.8, 4) is 6.07 Å². The molecular weight excluding hydrogens is 535 g/mol. The number of alkyl halides is 3. The van der Waals surface area contributed by atoms with Gasteiger partial charge < -0.3 is 5.32 Å². The maximum absolute atomic E-state index is 14.1. The molecule has 3 aromatic rings. The number of benzene rings is 2. The molecule has 210 valence electrons. The summed E-state index contributed by atoms with van der Waals surface area (Å²) in [6.45, 7) is 6.15. The molecular formula is C30H26F3N5O3. The second kappa shape index (κ2) is 11.3. The molecule has 0 spiro atoms. The van der Waals surface area contributed by atoms with Crippen LogP contribution in [0.15, 0.2) is 65.9 Å². The minimum absolute atomic E-state index is 0.0921. The Kier molecular flexibility index (Phi) is 8.05. The smallest absolute Gasteiger partial charge is 0.348 e. The van der Waals surface area contributed by atoms with E-state index in [1.165, 1.54) is 32.0 Å². The van der Waals surface area contributed by atoms with Crippen LogP contribution in [0.2, 0.25) is 0 Å². The van der Waals surface area contributed by atoms with Gasteiger partial charge in [-0.1, -0.05) is 18.2 Å². The number of aryl methyl sites for hydroxylation is 2. The number of carbonyl (C=O) groups excluding carboxylic acids is 3. The van der Waals surface area contributed by atoms with Crippen molar-refractivity contribution in [3.05, 3.63) is 99.8 Å². The molecule has 8 nitrogen and oxygen atoms in total. The van der Waals surface area contributed by atoms with Crippen LogP contribution in [0.3, 0.4) is 0 Å². The van der Waals surface area contributed by atoms with E-state index in [4.69, 9.17) is 0 Å². The second-order valence-electron chi connectivity index (χ2n) is 9.75. The first-order valence-electron chi connectivity index (χ1n) is 12.6. The van der Waals surface area contributed by atoms with Crippen molar-refractivity contribution in [1.82, 2.24) is 15.3 Å². The fraction of sp³-hybridized carbons (Fsp3) is 0.267. The molecule has 0 saturated carbocycles. The van der Waals surface area contributed by atoms with Crippen LogP contribution in [0.5, 0.6) is 0 Å². The summed E-state index contributed by atoms with van der Waals surface area (Å²) in [4.78, 5) is 50.5. The summed E-state index contributed by atoms with van der Waals surface area (Å²) in [7, 11) is 0. The number of rotatable bonds is 6. The summed E-state index contributed by atoms with van der Waals surface area (Å²) in [5, 5.41) is 11.9. The molecule has 1 aliphatic rings. The lowest BCUT2D eigenvalue weighted by Crippen LogP contribution is -2.50. The van der Waals surface area contributed by atoms with E-state index in [1.807, 2.05) is 6.07 Å². The molecule has 1 aromatic heterocycles. The number of nitriles is 1. The standard InChI is InChI=1S/C30H26F3N5O3/c1-16-12-17(2)37-24(36-16)15-35-28(40)27-26(21-10-8-20(14-34)9-11-21)25(19(4)39)18(3)38(29(27)41)23-7-5-6-22(13-23)30(31,32)33/h5-13,26-27H,15H2,1-4H3,(H,35,40). The SMILES string of the molecule is CC(=O)C1=C(C)N(c2cccc(C(F)(F)F)c2)C(=O)C(C(=O)NCc2nc(C)cc(C)n2)C1c1ccc(C#N)cc1. The molecule has 0 aliphatic carbocycles. The maximum Gasteiger partial charge on any atom is 0.416 e. The van der Waals surface area contributed by atoms with Crippen LogP contribution in [-0.2, 0) is 27.1 Å². The van der Waals surface area contributed by atoms with Gasteiger partial charge in [-0.15, -0.1) is 0 Å². The molecule has 4 rings (SSSR count). The van der Waals surface area contributed by atoms with Gasteiger partial charge in [0, 0.05) is 34.3 Å². The zero-order valence-corrected chi connectivity index (χ0v) is 22.7. The first kappa shape index (κ1) is 29.1. The lowest BCUT2D eigenvalue weighted by Gasteiger charge is -2.39. The molecule has 2 aromatic carbocycles. The maximum atomic E-state index is 14.1. The van der Waals surface area contributed by atoms with E-state index >= 15 is 0 Å². The van der Waals surface area contributed by atoms with Gasteiger partial charge in [-0.3, -0.25) is 19.3 Å². The van der Waals surface area contributed by atoms with Crippen LogP contribution in [0.25, 0.3) is 0 Å². The Morgan fingerprint density at radius 3 is 2.22 bits per heavy atom. The third kappa shape index (κ3) is 6.01. The normalized spacial score (nSPS) is 17.3. The molecule has 2 atom stereocenters. The number of anilines is 1. The van der Waals surface area contributed by atoms with E-state index < -0.39 is 41.2 Å². The molecule has 0 saturated heterocycles. The number of aromatic nitrogens is 2. The van der Waals surface area contributed by atoms with Crippen molar-refractivity contribution < 1.29 is 27.6 Å². The number of hydrogen-bond acceptors (Lipinski definition) is 6. The summed E-state index contributed by atoms with van der Waals surface area (Å²) >= 11 is 0. The van der Waals surface area contributed by atoms with Crippen LogP contribution in [0.1, 0.15) is 53.7 Å². The second-order valence-corrected chi connectivity index (χ2v) is 9.75. The van der Waals surface area contributed by atoms with E-state index in [0.717, 1.165) is 23.1 Å². The average molecular weight is 562 g/mol. The number of Topliss-reactive ketones (excluding diaryl/α,β-unsaturated/α-hetero) is 1. The van der Waals surface area contributed by atoms with Crippen molar-refractivity contribution in [3.63, 3.8) is 0 Å². The molecule has 41 heavy (non-hydrogen) atoms.